The minimum atomic E-state index is -0.223. The van der Waals surface area contributed by atoms with Crippen molar-refractivity contribution in [2.75, 3.05) is 11.9 Å². The maximum Gasteiger partial charge on any atom is 0.244 e. The topological polar surface area (TPSA) is 61.4 Å². The van der Waals surface area contributed by atoms with Crippen LogP contribution in [0.5, 0.6) is 0 Å². The Morgan fingerprint density at radius 3 is 2.67 bits per heavy atom. The molecular formula is C18H23N3O2S. The summed E-state index contributed by atoms with van der Waals surface area (Å²) in [6.07, 6.45) is 4.02. The Hall–Kier alpha value is -1.95. The maximum atomic E-state index is 12.7. The quantitative estimate of drug-likeness (QED) is 0.827. The second kappa shape index (κ2) is 6.89. The molecule has 2 atom stereocenters. The van der Waals surface area contributed by atoms with E-state index >= 15 is 0 Å². The van der Waals surface area contributed by atoms with E-state index in [1.54, 1.807) is 0 Å². The van der Waals surface area contributed by atoms with Crippen molar-refractivity contribution in [3.63, 3.8) is 0 Å². The van der Waals surface area contributed by atoms with E-state index in [1.165, 1.54) is 4.90 Å². The summed E-state index contributed by atoms with van der Waals surface area (Å²) < 4.78 is 0. The Morgan fingerprint density at radius 1 is 1.29 bits per heavy atom. The molecule has 24 heavy (non-hydrogen) atoms. The Kier molecular flexibility index (Phi) is 4.85. The van der Waals surface area contributed by atoms with Crippen molar-refractivity contribution in [1.82, 2.24) is 10.2 Å². The first-order chi connectivity index (χ1) is 11.5. The maximum absolute atomic E-state index is 12.7. The van der Waals surface area contributed by atoms with E-state index < -0.39 is 0 Å². The molecule has 1 aromatic rings. The third-order valence-corrected chi connectivity index (χ3v) is 5.29. The number of carbonyl (C=O) groups is 2. The molecule has 1 saturated heterocycles. The molecule has 0 aromatic heterocycles. The van der Waals surface area contributed by atoms with Crippen molar-refractivity contribution >= 4 is 34.8 Å². The Bertz CT molecular complexity index is 669. The molecule has 128 valence electrons. The number of hydrogen-bond acceptors (Lipinski definition) is 3. The SMILES string of the molecule is Cc1cccc(C)c1NC(=O)CN1C(=O)C2CCCCC2NC1=S. The van der Waals surface area contributed by atoms with Crippen LogP contribution in [0.1, 0.15) is 36.8 Å². The summed E-state index contributed by atoms with van der Waals surface area (Å²) in [6.45, 7) is 3.86. The van der Waals surface area contributed by atoms with Gasteiger partial charge >= 0.3 is 0 Å². The first kappa shape index (κ1) is 16.9. The number of anilines is 1. The molecule has 5 nitrogen and oxygen atoms in total. The Labute approximate surface area is 147 Å². The van der Waals surface area contributed by atoms with Gasteiger partial charge in [-0.1, -0.05) is 31.0 Å². The molecule has 2 N–H and O–H groups in total. The molecule has 2 aliphatic rings. The van der Waals surface area contributed by atoms with Gasteiger partial charge in [0.25, 0.3) is 0 Å². The smallest absolute Gasteiger partial charge is 0.244 e. The number of rotatable bonds is 3. The minimum Gasteiger partial charge on any atom is -0.359 e. The summed E-state index contributed by atoms with van der Waals surface area (Å²) in [4.78, 5) is 26.6. The molecule has 1 aromatic carbocycles. The number of hydrogen-bond donors (Lipinski definition) is 2. The second-order valence-corrected chi connectivity index (χ2v) is 7.07. The number of benzene rings is 1. The lowest BCUT2D eigenvalue weighted by Gasteiger charge is -2.41. The van der Waals surface area contributed by atoms with Crippen LogP contribution in [0, 0.1) is 19.8 Å². The number of para-hydroxylation sites is 1. The molecule has 2 amide bonds. The minimum absolute atomic E-state index is 0.0138. The number of fused-ring (bicyclic) bond motifs is 1. The van der Waals surface area contributed by atoms with Gasteiger partial charge in [0.1, 0.15) is 6.54 Å². The molecule has 3 rings (SSSR count). The highest BCUT2D eigenvalue weighted by atomic mass is 32.1. The van der Waals surface area contributed by atoms with Crippen molar-refractivity contribution in [1.29, 1.82) is 0 Å². The average molecular weight is 345 g/mol. The van der Waals surface area contributed by atoms with Gasteiger partial charge in [-0.2, -0.15) is 0 Å². The van der Waals surface area contributed by atoms with Gasteiger partial charge < -0.3 is 10.6 Å². The fourth-order valence-electron chi connectivity index (χ4n) is 3.62. The van der Waals surface area contributed by atoms with Crippen LogP contribution >= 0.6 is 12.2 Å². The standard InChI is InChI=1S/C18H23N3O2S/c1-11-6-5-7-12(2)16(11)20-15(22)10-21-17(23)13-8-3-4-9-14(13)19-18(21)24/h5-7,13-14H,3-4,8-10H2,1-2H3,(H,19,24)(H,20,22). The molecule has 1 heterocycles. The normalized spacial score (nSPS) is 23.5. The van der Waals surface area contributed by atoms with E-state index in [0.717, 1.165) is 42.5 Å². The van der Waals surface area contributed by atoms with Crippen molar-refractivity contribution in [3.05, 3.63) is 29.3 Å². The largest absolute Gasteiger partial charge is 0.359 e. The molecule has 6 heteroatoms. The molecule has 0 bridgehead atoms. The summed E-state index contributed by atoms with van der Waals surface area (Å²) in [6, 6.07) is 5.99. The number of nitrogens with zero attached hydrogens (tertiary/aromatic N) is 1. The second-order valence-electron chi connectivity index (χ2n) is 6.69. The highest BCUT2D eigenvalue weighted by Gasteiger charge is 2.40. The van der Waals surface area contributed by atoms with E-state index in [2.05, 4.69) is 10.6 Å². The summed E-state index contributed by atoms with van der Waals surface area (Å²) in [5.74, 6) is -0.294. The highest BCUT2D eigenvalue weighted by molar-refractivity contribution is 7.80. The van der Waals surface area contributed by atoms with Gasteiger partial charge in [-0.25, -0.2) is 0 Å². The van der Waals surface area contributed by atoms with E-state index in [4.69, 9.17) is 12.2 Å². The zero-order valence-electron chi connectivity index (χ0n) is 14.1. The van der Waals surface area contributed by atoms with Gasteiger partial charge in [0.2, 0.25) is 11.8 Å². The Morgan fingerprint density at radius 2 is 1.96 bits per heavy atom. The van der Waals surface area contributed by atoms with Gasteiger partial charge in [-0.05, 0) is 50.0 Å². The molecule has 1 aliphatic carbocycles. The summed E-state index contributed by atoms with van der Waals surface area (Å²) >= 11 is 5.32. The lowest BCUT2D eigenvalue weighted by molar-refractivity contribution is -0.137. The van der Waals surface area contributed by atoms with E-state index in [-0.39, 0.29) is 30.3 Å². The van der Waals surface area contributed by atoms with Crippen molar-refractivity contribution in [3.8, 4) is 0 Å². The Balaban J connectivity index is 1.69. The zero-order chi connectivity index (χ0) is 17.3. The molecule has 0 spiro atoms. The summed E-state index contributed by atoms with van der Waals surface area (Å²) in [5.41, 5.74) is 2.81. The van der Waals surface area contributed by atoms with Gasteiger partial charge in [0.15, 0.2) is 5.11 Å². The predicted molar refractivity (Wildman–Crippen MR) is 97.7 cm³/mol. The third-order valence-electron chi connectivity index (χ3n) is 4.95. The molecular weight excluding hydrogens is 322 g/mol. The number of carbonyl (C=O) groups excluding carboxylic acids is 2. The van der Waals surface area contributed by atoms with Crippen LogP contribution in [0.3, 0.4) is 0 Å². The molecule has 0 radical (unpaired) electrons. The van der Waals surface area contributed by atoms with E-state index in [1.807, 2.05) is 32.0 Å². The van der Waals surface area contributed by atoms with Crippen LogP contribution in [0.4, 0.5) is 5.69 Å². The van der Waals surface area contributed by atoms with Gasteiger partial charge in [0.05, 0.1) is 5.92 Å². The van der Waals surface area contributed by atoms with Crippen LogP contribution in [0.2, 0.25) is 0 Å². The predicted octanol–water partition coefficient (Wildman–Crippen LogP) is 2.52. The lowest BCUT2D eigenvalue weighted by atomic mass is 9.82. The number of amides is 2. The number of aryl methyl sites for hydroxylation is 2. The fraction of sp³-hybridized carbons (Fsp3) is 0.500. The summed E-state index contributed by atoms with van der Waals surface area (Å²) in [7, 11) is 0. The van der Waals surface area contributed by atoms with Crippen LogP contribution in [-0.2, 0) is 9.59 Å². The molecule has 2 unspecified atom stereocenters. The average Bonchev–Trinajstić information content (AvgIpc) is 2.55. The van der Waals surface area contributed by atoms with Crippen LogP contribution in [0.25, 0.3) is 0 Å². The molecule has 1 saturated carbocycles. The molecule has 2 fully saturated rings. The lowest BCUT2D eigenvalue weighted by Crippen LogP contribution is -2.61. The number of thiocarbonyl (C=S) groups is 1. The van der Waals surface area contributed by atoms with Crippen LogP contribution in [0.15, 0.2) is 18.2 Å². The highest BCUT2D eigenvalue weighted by Crippen LogP contribution is 2.29. The van der Waals surface area contributed by atoms with Gasteiger partial charge in [0, 0.05) is 11.7 Å². The molecule has 1 aliphatic heterocycles. The van der Waals surface area contributed by atoms with Gasteiger partial charge in [-0.15, -0.1) is 0 Å². The first-order valence-electron chi connectivity index (χ1n) is 8.45. The number of nitrogens with one attached hydrogen (secondary N) is 2. The van der Waals surface area contributed by atoms with Gasteiger partial charge in [-0.3, -0.25) is 14.5 Å². The van der Waals surface area contributed by atoms with Crippen LogP contribution < -0.4 is 10.6 Å². The van der Waals surface area contributed by atoms with E-state index in [9.17, 15) is 9.59 Å². The van der Waals surface area contributed by atoms with E-state index in [0.29, 0.717) is 5.11 Å². The third kappa shape index (κ3) is 3.29. The first-order valence-corrected chi connectivity index (χ1v) is 8.86. The van der Waals surface area contributed by atoms with Crippen molar-refractivity contribution in [2.24, 2.45) is 5.92 Å². The zero-order valence-corrected chi connectivity index (χ0v) is 14.9. The monoisotopic (exact) mass is 345 g/mol. The summed E-state index contributed by atoms with van der Waals surface area (Å²) in [5, 5.41) is 6.54. The van der Waals surface area contributed by atoms with Crippen molar-refractivity contribution in [2.45, 2.75) is 45.6 Å². The van der Waals surface area contributed by atoms with Crippen molar-refractivity contribution < 1.29 is 9.59 Å². The fourth-order valence-corrected chi connectivity index (χ4v) is 3.93. The van der Waals surface area contributed by atoms with Crippen LogP contribution in [-0.4, -0.2) is 34.4 Å².